The zero-order chi connectivity index (χ0) is 14.3. The van der Waals surface area contributed by atoms with Crippen molar-refractivity contribution in [2.24, 2.45) is 0 Å². The molecule has 0 aliphatic heterocycles. The predicted molar refractivity (Wildman–Crippen MR) is 79.3 cm³/mol. The Morgan fingerprint density at radius 3 is 2.79 bits per heavy atom. The fourth-order valence-electron chi connectivity index (χ4n) is 1.69. The van der Waals surface area contributed by atoms with E-state index in [1.165, 1.54) is 0 Å². The molecular weight excluding hydrogens is 310 g/mol. The van der Waals surface area contributed by atoms with Crippen LogP contribution in [0.1, 0.15) is 19.4 Å². The summed E-state index contributed by atoms with van der Waals surface area (Å²) >= 11 is 3.23. The third-order valence-corrected chi connectivity index (χ3v) is 3.04. The molecule has 106 valence electrons. The number of ether oxygens (including phenoxy) is 2. The highest BCUT2D eigenvalue weighted by Gasteiger charge is 2.11. The largest absolute Gasteiger partial charge is 0.493 e. The molecule has 1 atom stereocenters. The van der Waals surface area contributed by atoms with E-state index in [4.69, 9.17) is 9.47 Å². The molecule has 0 aliphatic carbocycles. The lowest BCUT2D eigenvalue weighted by Crippen LogP contribution is -2.31. The summed E-state index contributed by atoms with van der Waals surface area (Å²) in [7, 11) is 1.62. The van der Waals surface area contributed by atoms with Crippen LogP contribution in [0, 0.1) is 0 Å². The molecule has 0 spiro atoms. The minimum absolute atomic E-state index is 0.0131. The number of amides is 1. The quantitative estimate of drug-likeness (QED) is 0.782. The van der Waals surface area contributed by atoms with E-state index in [1.807, 2.05) is 25.1 Å². The van der Waals surface area contributed by atoms with E-state index in [0.29, 0.717) is 19.6 Å². The number of benzene rings is 1. The second-order valence-corrected chi connectivity index (χ2v) is 5.41. The standard InChI is InChI=1S/C14H20BrNO3/c1-4-19-13-11(6-5-7-12(13)18-3)8-9-16-14(17)10(2)15/h5-7,10H,4,8-9H2,1-3H3,(H,16,17). The van der Waals surface area contributed by atoms with Gasteiger partial charge in [-0.3, -0.25) is 4.79 Å². The first-order valence-corrected chi connectivity index (χ1v) is 7.22. The lowest BCUT2D eigenvalue weighted by molar-refractivity contribution is -0.120. The van der Waals surface area contributed by atoms with E-state index in [0.717, 1.165) is 17.1 Å². The number of carbonyl (C=O) groups excluding carboxylic acids is 1. The van der Waals surface area contributed by atoms with Crippen molar-refractivity contribution in [1.82, 2.24) is 5.32 Å². The van der Waals surface area contributed by atoms with Gasteiger partial charge in [-0.2, -0.15) is 0 Å². The van der Waals surface area contributed by atoms with E-state index >= 15 is 0 Å². The molecule has 5 heteroatoms. The molecular formula is C14H20BrNO3. The topological polar surface area (TPSA) is 47.6 Å². The maximum Gasteiger partial charge on any atom is 0.233 e. The van der Waals surface area contributed by atoms with Crippen molar-refractivity contribution < 1.29 is 14.3 Å². The van der Waals surface area contributed by atoms with Gasteiger partial charge in [0.15, 0.2) is 11.5 Å². The van der Waals surface area contributed by atoms with Crippen LogP contribution < -0.4 is 14.8 Å². The van der Waals surface area contributed by atoms with Gasteiger partial charge in [0.25, 0.3) is 0 Å². The molecule has 0 heterocycles. The van der Waals surface area contributed by atoms with Crippen molar-refractivity contribution in [2.45, 2.75) is 25.1 Å². The summed E-state index contributed by atoms with van der Waals surface area (Å²) in [5.74, 6) is 1.47. The van der Waals surface area contributed by atoms with Gasteiger partial charge in [0.1, 0.15) is 0 Å². The average molecular weight is 330 g/mol. The molecule has 0 saturated carbocycles. The minimum atomic E-state index is -0.177. The van der Waals surface area contributed by atoms with E-state index in [1.54, 1.807) is 14.0 Å². The Labute approximate surface area is 122 Å². The second kappa shape index (κ2) is 8.04. The van der Waals surface area contributed by atoms with Crippen LogP contribution in [-0.2, 0) is 11.2 Å². The van der Waals surface area contributed by atoms with Crippen LogP contribution in [0.5, 0.6) is 11.5 Å². The molecule has 1 N–H and O–H groups in total. The van der Waals surface area contributed by atoms with Crippen molar-refractivity contribution in [3.05, 3.63) is 23.8 Å². The highest BCUT2D eigenvalue weighted by molar-refractivity contribution is 9.10. The van der Waals surface area contributed by atoms with E-state index in [-0.39, 0.29) is 10.7 Å². The summed E-state index contributed by atoms with van der Waals surface area (Å²) in [5.41, 5.74) is 1.03. The lowest BCUT2D eigenvalue weighted by Gasteiger charge is -2.14. The third-order valence-electron chi connectivity index (χ3n) is 2.62. The van der Waals surface area contributed by atoms with Gasteiger partial charge < -0.3 is 14.8 Å². The summed E-state index contributed by atoms with van der Waals surface area (Å²) in [5, 5.41) is 2.86. The molecule has 1 aromatic carbocycles. The molecule has 0 aromatic heterocycles. The van der Waals surface area contributed by atoms with Crippen LogP contribution in [-0.4, -0.2) is 31.0 Å². The van der Waals surface area contributed by atoms with Gasteiger partial charge in [0.2, 0.25) is 5.91 Å². The Hall–Kier alpha value is -1.23. The molecule has 1 rings (SSSR count). The van der Waals surface area contributed by atoms with Crippen molar-refractivity contribution in [3.8, 4) is 11.5 Å². The van der Waals surface area contributed by atoms with Crippen molar-refractivity contribution >= 4 is 21.8 Å². The molecule has 0 bridgehead atoms. The van der Waals surface area contributed by atoms with Crippen molar-refractivity contribution in [2.75, 3.05) is 20.3 Å². The van der Waals surface area contributed by atoms with Gasteiger partial charge in [-0.25, -0.2) is 0 Å². The highest BCUT2D eigenvalue weighted by atomic mass is 79.9. The van der Waals surface area contributed by atoms with Gasteiger partial charge >= 0.3 is 0 Å². The number of hydrogen-bond donors (Lipinski definition) is 1. The number of alkyl halides is 1. The zero-order valence-corrected chi connectivity index (χ0v) is 13.1. The van der Waals surface area contributed by atoms with Crippen molar-refractivity contribution in [3.63, 3.8) is 0 Å². The zero-order valence-electron chi connectivity index (χ0n) is 11.5. The molecule has 0 aliphatic rings. The number of halogens is 1. The predicted octanol–water partition coefficient (Wildman–Crippen LogP) is 2.54. The van der Waals surface area contributed by atoms with Gasteiger partial charge in [-0.1, -0.05) is 28.1 Å². The van der Waals surface area contributed by atoms with E-state index in [2.05, 4.69) is 21.2 Å². The highest BCUT2D eigenvalue weighted by Crippen LogP contribution is 2.31. The Morgan fingerprint density at radius 2 is 2.21 bits per heavy atom. The van der Waals surface area contributed by atoms with Crippen LogP contribution in [0.4, 0.5) is 0 Å². The van der Waals surface area contributed by atoms with Gasteiger partial charge in [-0.15, -0.1) is 0 Å². The van der Waals surface area contributed by atoms with Crippen LogP contribution in [0.2, 0.25) is 0 Å². The first-order valence-electron chi connectivity index (χ1n) is 6.30. The smallest absolute Gasteiger partial charge is 0.233 e. The molecule has 0 fully saturated rings. The monoisotopic (exact) mass is 329 g/mol. The van der Waals surface area contributed by atoms with Crippen LogP contribution in [0.25, 0.3) is 0 Å². The molecule has 4 nitrogen and oxygen atoms in total. The Morgan fingerprint density at radius 1 is 1.47 bits per heavy atom. The maximum atomic E-state index is 11.5. The number of methoxy groups -OCH3 is 1. The fourth-order valence-corrected chi connectivity index (χ4v) is 1.85. The molecule has 1 unspecified atom stereocenters. The Kier molecular flexibility index (Phi) is 6.70. The molecule has 1 aromatic rings. The number of rotatable bonds is 7. The first kappa shape index (κ1) is 15.8. The number of nitrogens with one attached hydrogen (secondary N) is 1. The molecule has 19 heavy (non-hydrogen) atoms. The van der Waals surface area contributed by atoms with Gasteiger partial charge in [-0.05, 0) is 31.9 Å². The summed E-state index contributed by atoms with van der Waals surface area (Å²) in [6, 6.07) is 5.77. The SMILES string of the molecule is CCOc1c(CCNC(=O)C(C)Br)cccc1OC. The van der Waals surface area contributed by atoms with Crippen LogP contribution >= 0.6 is 15.9 Å². The lowest BCUT2D eigenvalue weighted by atomic mass is 10.1. The Bertz CT molecular complexity index is 421. The van der Waals surface area contributed by atoms with Gasteiger partial charge in [0, 0.05) is 6.54 Å². The first-order chi connectivity index (χ1) is 9.10. The maximum absolute atomic E-state index is 11.5. The number of hydrogen-bond acceptors (Lipinski definition) is 3. The van der Waals surface area contributed by atoms with E-state index < -0.39 is 0 Å². The van der Waals surface area contributed by atoms with E-state index in [9.17, 15) is 4.79 Å². The van der Waals surface area contributed by atoms with Crippen LogP contribution in [0.15, 0.2) is 18.2 Å². The molecule has 0 radical (unpaired) electrons. The Balaban J connectivity index is 2.69. The number of carbonyl (C=O) groups is 1. The summed E-state index contributed by atoms with van der Waals surface area (Å²) in [4.78, 5) is 11.3. The fraction of sp³-hybridized carbons (Fsp3) is 0.500. The number of para-hydroxylation sites is 1. The summed E-state index contributed by atoms with van der Waals surface area (Å²) < 4.78 is 10.9. The average Bonchev–Trinajstić information content (AvgIpc) is 2.40. The normalized spacial score (nSPS) is 11.8. The second-order valence-electron chi connectivity index (χ2n) is 4.04. The van der Waals surface area contributed by atoms with Crippen LogP contribution in [0.3, 0.4) is 0 Å². The minimum Gasteiger partial charge on any atom is -0.493 e. The summed E-state index contributed by atoms with van der Waals surface area (Å²) in [6.45, 7) is 4.89. The molecule has 0 saturated heterocycles. The molecule has 1 amide bonds. The van der Waals surface area contributed by atoms with Gasteiger partial charge in [0.05, 0.1) is 18.5 Å². The summed E-state index contributed by atoms with van der Waals surface area (Å²) in [6.07, 6.45) is 0.706. The third kappa shape index (κ3) is 4.74. The van der Waals surface area contributed by atoms with Crippen molar-refractivity contribution in [1.29, 1.82) is 0 Å².